The van der Waals surface area contributed by atoms with Crippen LogP contribution in [0.4, 0.5) is 0 Å². The zero-order chi connectivity index (χ0) is 43.4. The summed E-state index contributed by atoms with van der Waals surface area (Å²) in [5.74, 6) is 7.03. The monoisotopic (exact) mass is 831 g/mol. The number of hydrogen-bond acceptors (Lipinski definition) is 0. The van der Waals surface area contributed by atoms with Crippen LogP contribution in [-0.2, 0) is 12.8 Å². The van der Waals surface area contributed by atoms with Crippen molar-refractivity contribution in [3.63, 3.8) is 0 Å². The number of benzene rings is 2. The van der Waals surface area contributed by atoms with E-state index in [9.17, 15) is 5.53 Å². The molecule has 0 saturated carbocycles. The lowest BCUT2D eigenvalue weighted by Crippen LogP contribution is -2.05. The van der Waals surface area contributed by atoms with Gasteiger partial charge in [0.05, 0.1) is 0 Å². The van der Waals surface area contributed by atoms with Gasteiger partial charge in [-0.2, -0.15) is 0 Å². The van der Waals surface area contributed by atoms with Crippen molar-refractivity contribution in [1.29, 1.82) is 0 Å². The minimum atomic E-state index is 0.864. The third-order valence-corrected chi connectivity index (χ3v) is 13.3. The van der Waals surface area contributed by atoms with Gasteiger partial charge in [-0.3, -0.25) is 0 Å². The number of nitrogens with zero attached hydrogens (tertiary/aromatic N) is 2. The Bertz CT molecular complexity index is 1560. The van der Waals surface area contributed by atoms with Crippen molar-refractivity contribution in [1.82, 2.24) is 0 Å². The summed E-state index contributed by atoms with van der Waals surface area (Å²) in [5.41, 5.74) is 21.9. The van der Waals surface area contributed by atoms with Crippen molar-refractivity contribution < 1.29 is 4.70 Å². The first-order valence-corrected chi connectivity index (χ1v) is 26.7. The molecule has 2 heteroatoms. The van der Waals surface area contributed by atoms with E-state index < -0.39 is 0 Å². The summed E-state index contributed by atoms with van der Waals surface area (Å²) in [7, 11) is 0. The maximum Gasteiger partial charge on any atom is 0.211 e. The maximum atomic E-state index is 12.2. The lowest BCUT2D eigenvalue weighted by Gasteiger charge is -2.13. The SMILES string of the molecule is CCCCCCCCCCCCCCCCCCCCCCCCCCC#CCCc1ccccc1C1=C(CCCC)C(CCCCC)=C(c2cccc(CCCC)c2)[N+]1=[N-]. The Hall–Kier alpha value is -2.92. The van der Waals surface area contributed by atoms with Gasteiger partial charge in [0.1, 0.15) is 0 Å². The minimum Gasteiger partial charge on any atom is -0.493 e. The highest BCUT2D eigenvalue weighted by atomic mass is 15.2. The molecule has 340 valence electrons. The molecule has 0 bridgehead atoms. The number of aryl methyl sites for hydroxylation is 2. The third kappa shape index (κ3) is 21.8. The van der Waals surface area contributed by atoms with E-state index >= 15 is 0 Å². The maximum absolute atomic E-state index is 12.2. The fourth-order valence-corrected chi connectivity index (χ4v) is 9.44. The van der Waals surface area contributed by atoms with Crippen molar-refractivity contribution in [2.75, 3.05) is 0 Å². The van der Waals surface area contributed by atoms with Crippen LogP contribution in [0.2, 0.25) is 0 Å². The van der Waals surface area contributed by atoms with E-state index in [4.69, 9.17) is 0 Å². The van der Waals surface area contributed by atoms with Crippen LogP contribution >= 0.6 is 0 Å². The van der Waals surface area contributed by atoms with E-state index in [2.05, 4.69) is 88.1 Å². The molecule has 1 aliphatic rings. The van der Waals surface area contributed by atoms with Gasteiger partial charge in [0.15, 0.2) is 0 Å². The Labute approximate surface area is 379 Å². The number of unbranched alkanes of at least 4 members (excludes halogenated alkanes) is 28. The average molecular weight is 831 g/mol. The van der Waals surface area contributed by atoms with Gasteiger partial charge in [-0.1, -0.05) is 231 Å². The van der Waals surface area contributed by atoms with Gasteiger partial charge in [-0.15, -0.1) is 11.8 Å². The topological polar surface area (TPSA) is 25.3 Å². The van der Waals surface area contributed by atoms with E-state index in [0.717, 1.165) is 74.7 Å². The van der Waals surface area contributed by atoms with Crippen molar-refractivity contribution in [3.05, 3.63) is 87.5 Å². The largest absolute Gasteiger partial charge is 0.493 e. The van der Waals surface area contributed by atoms with Crippen molar-refractivity contribution in [2.24, 2.45) is 0 Å². The van der Waals surface area contributed by atoms with Crippen molar-refractivity contribution in [2.45, 2.75) is 265 Å². The molecule has 1 heterocycles. The lowest BCUT2D eigenvalue weighted by molar-refractivity contribution is -0.345. The van der Waals surface area contributed by atoms with Crippen LogP contribution in [0.15, 0.2) is 59.7 Å². The molecular weight excluding hydrogens is 737 g/mol. The molecule has 0 aromatic heterocycles. The Kier molecular flexibility index (Phi) is 30.5. The Balaban J connectivity index is 1.33. The van der Waals surface area contributed by atoms with Crippen LogP contribution in [0.3, 0.4) is 0 Å². The summed E-state index contributed by atoms with van der Waals surface area (Å²) in [4.78, 5) is 0. The van der Waals surface area contributed by atoms with Crippen molar-refractivity contribution >= 4 is 11.4 Å². The van der Waals surface area contributed by atoms with E-state index in [1.54, 1.807) is 4.70 Å². The molecule has 0 amide bonds. The first kappa shape index (κ1) is 52.4. The molecule has 0 unspecified atom stereocenters. The van der Waals surface area contributed by atoms with Crippen LogP contribution in [0.1, 0.15) is 275 Å². The smallest absolute Gasteiger partial charge is 0.211 e. The average Bonchev–Trinajstić information content (AvgIpc) is 3.55. The molecule has 0 fully saturated rings. The highest BCUT2D eigenvalue weighted by Gasteiger charge is 2.36. The molecule has 0 spiro atoms. The van der Waals surface area contributed by atoms with Gasteiger partial charge < -0.3 is 5.53 Å². The number of allylic oxidation sites excluding steroid dienone is 2. The molecule has 0 radical (unpaired) electrons. The van der Waals surface area contributed by atoms with Crippen molar-refractivity contribution in [3.8, 4) is 11.8 Å². The normalized spacial score (nSPS) is 12.8. The molecule has 2 aromatic rings. The highest BCUT2D eigenvalue weighted by molar-refractivity contribution is 5.83. The van der Waals surface area contributed by atoms with Crippen LogP contribution in [0.25, 0.3) is 16.9 Å². The Morgan fingerprint density at radius 2 is 0.836 bits per heavy atom. The quantitative estimate of drug-likeness (QED) is 0.0366. The molecule has 0 atom stereocenters. The number of hydrogen-bond donors (Lipinski definition) is 0. The molecule has 0 saturated heterocycles. The summed E-state index contributed by atoms with van der Waals surface area (Å²) in [6.07, 6.45) is 48.4. The standard InChI is InChI=1S/C59H94N2/c1-5-9-13-14-15-16-17-18-19-20-21-22-23-24-25-26-27-28-29-30-31-32-33-34-35-36-37-39-45-53-46-40-41-49-55(53)59-57(48-12-8-4)56(50-38-10-6-2)58(61(59)60)54-47-42-44-52(51-54)43-11-7-3/h40-42,44,46-47,49,51H,5-35,38-39,43,45,48,50H2,1-4H3. The molecule has 1 aliphatic heterocycles. The molecule has 3 rings (SSSR count). The zero-order valence-electron chi connectivity index (χ0n) is 40.7. The summed E-state index contributed by atoms with van der Waals surface area (Å²) in [5, 5.41) is 0. The Morgan fingerprint density at radius 1 is 0.393 bits per heavy atom. The van der Waals surface area contributed by atoms with Crippen LogP contribution in [0, 0.1) is 11.8 Å². The van der Waals surface area contributed by atoms with E-state index in [0.29, 0.717) is 0 Å². The van der Waals surface area contributed by atoms with Gasteiger partial charge in [0, 0.05) is 35.1 Å². The molecule has 2 aromatic carbocycles. The van der Waals surface area contributed by atoms with Gasteiger partial charge in [-0.25, -0.2) is 4.70 Å². The molecule has 0 N–H and O–H groups in total. The molecular formula is C59H94N2. The van der Waals surface area contributed by atoms with E-state index in [-0.39, 0.29) is 0 Å². The van der Waals surface area contributed by atoms with Crippen LogP contribution in [0.5, 0.6) is 0 Å². The fraction of sp³-hybridized carbons (Fsp3) is 0.695. The second-order valence-corrected chi connectivity index (χ2v) is 18.7. The lowest BCUT2D eigenvalue weighted by atomic mass is 9.90. The first-order valence-electron chi connectivity index (χ1n) is 26.7. The predicted molar refractivity (Wildman–Crippen MR) is 270 cm³/mol. The third-order valence-electron chi connectivity index (χ3n) is 13.3. The number of rotatable bonds is 38. The van der Waals surface area contributed by atoms with Crippen LogP contribution < -0.4 is 0 Å². The predicted octanol–water partition coefficient (Wildman–Crippen LogP) is 19.7. The van der Waals surface area contributed by atoms with Crippen LogP contribution in [-0.4, -0.2) is 4.70 Å². The second-order valence-electron chi connectivity index (χ2n) is 18.7. The summed E-state index contributed by atoms with van der Waals surface area (Å²) in [6.45, 7) is 9.12. The van der Waals surface area contributed by atoms with E-state index in [1.807, 2.05) is 0 Å². The van der Waals surface area contributed by atoms with Gasteiger partial charge >= 0.3 is 0 Å². The minimum absolute atomic E-state index is 0.864. The van der Waals surface area contributed by atoms with E-state index in [1.165, 1.54) is 208 Å². The molecule has 0 aliphatic carbocycles. The Morgan fingerprint density at radius 3 is 1.39 bits per heavy atom. The van der Waals surface area contributed by atoms with Gasteiger partial charge in [-0.05, 0) is 80.7 Å². The summed E-state index contributed by atoms with van der Waals surface area (Å²) < 4.78 is 1.58. The summed E-state index contributed by atoms with van der Waals surface area (Å²) >= 11 is 0. The second kappa shape index (κ2) is 35.5. The zero-order valence-corrected chi connectivity index (χ0v) is 40.7. The highest BCUT2D eigenvalue weighted by Crippen LogP contribution is 2.45. The summed E-state index contributed by atoms with van der Waals surface area (Å²) in [6, 6.07) is 17.8. The first-order chi connectivity index (χ1) is 30.2. The molecule has 2 nitrogen and oxygen atoms in total. The fourth-order valence-electron chi connectivity index (χ4n) is 9.44. The van der Waals surface area contributed by atoms with Gasteiger partial charge in [0.25, 0.3) is 0 Å². The van der Waals surface area contributed by atoms with Gasteiger partial charge in [0.2, 0.25) is 11.4 Å². The molecule has 61 heavy (non-hydrogen) atoms.